The topological polar surface area (TPSA) is 79.8 Å². The molecule has 0 aliphatic rings. The zero-order chi connectivity index (χ0) is 25.8. The van der Waals surface area contributed by atoms with E-state index in [0.29, 0.717) is 30.9 Å². The second-order valence-corrected chi connectivity index (χ2v) is 9.50. The van der Waals surface area contributed by atoms with Gasteiger partial charge in [0.1, 0.15) is 6.61 Å². The summed E-state index contributed by atoms with van der Waals surface area (Å²) < 4.78 is 12.8. The quantitative estimate of drug-likeness (QED) is 0.268. The van der Waals surface area contributed by atoms with Crippen LogP contribution in [-0.4, -0.2) is 85.8 Å². The van der Waals surface area contributed by atoms with Crippen molar-refractivity contribution in [1.29, 1.82) is 0 Å². The molecule has 36 heavy (non-hydrogen) atoms. The van der Waals surface area contributed by atoms with Crippen molar-refractivity contribution in [2.24, 2.45) is 7.05 Å². The molecule has 189 valence electrons. The molecule has 1 radical (unpaired) electrons. The van der Waals surface area contributed by atoms with Crippen LogP contribution in [0.3, 0.4) is 0 Å². The summed E-state index contributed by atoms with van der Waals surface area (Å²) in [6, 6.07) is 14.4. The molecule has 2 aromatic carbocycles. The first kappa shape index (κ1) is 25.5. The highest BCUT2D eigenvalue weighted by Crippen LogP contribution is 2.32. The monoisotopic (exact) mass is 489 g/mol. The van der Waals surface area contributed by atoms with Crippen LogP contribution in [0.2, 0.25) is 0 Å². The van der Waals surface area contributed by atoms with Crippen LogP contribution in [0.1, 0.15) is 27.1 Å². The maximum Gasteiger partial charge on any atom is 0.338 e. The zero-order valence-electron chi connectivity index (χ0n) is 21.6. The van der Waals surface area contributed by atoms with Crippen LogP contribution in [0.15, 0.2) is 42.6 Å². The minimum absolute atomic E-state index is 0.332. The molecule has 2 aromatic heterocycles. The molecule has 0 amide bonds. The number of fused-ring (bicyclic) bond motifs is 2. The number of aryl methyl sites for hydroxylation is 1. The number of aromatic amines is 1. The molecule has 4 rings (SSSR count). The van der Waals surface area contributed by atoms with Crippen LogP contribution in [0, 0.1) is 6.07 Å². The average Bonchev–Trinajstić information content (AvgIpc) is 3.41. The van der Waals surface area contributed by atoms with Gasteiger partial charge in [-0.25, -0.2) is 9.59 Å². The standard InChI is InChI=1S/C28H33N4O4/c1-30(2)11-6-13-35-27(33)20-8-7-19-15-25(29-24(19)16-20)23-18-32(5)26-17-21(9-10-22(23)26)28(34)36-14-12-31(3)4/h7-10,16-18,29H,6,11-14H2,1-5H3. The third-order valence-corrected chi connectivity index (χ3v) is 6.02. The van der Waals surface area contributed by atoms with Crippen LogP contribution in [-0.2, 0) is 16.5 Å². The van der Waals surface area contributed by atoms with Crippen LogP contribution in [0.25, 0.3) is 33.1 Å². The highest BCUT2D eigenvalue weighted by Gasteiger charge is 2.16. The summed E-state index contributed by atoms with van der Waals surface area (Å²) in [6.07, 6.45) is 2.80. The summed E-state index contributed by atoms with van der Waals surface area (Å²) >= 11 is 0. The number of carbonyl (C=O) groups is 2. The van der Waals surface area contributed by atoms with E-state index in [1.807, 2.05) is 69.1 Å². The maximum atomic E-state index is 12.5. The Morgan fingerprint density at radius 3 is 2.31 bits per heavy atom. The molecular weight excluding hydrogens is 456 g/mol. The molecule has 0 aliphatic heterocycles. The predicted molar refractivity (Wildman–Crippen MR) is 141 cm³/mol. The Morgan fingerprint density at radius 2 is 1.58 bits per heavy atom. The van der Waals surface area contributed by atoms with E-state index in [-0.39, 0.29) is 11.9 Å². The first-order chi connectivity index (χ1) is 17.2. The molecule has 0 aliphatic carbocycles. The molecule has 0 unspecified atom stereocenters. The first-order valence-electron chi connectivity index (χ1n) is 12.0. The lowest BCUT2D eigenvalue weighted by molar-refractivity contribution is 0.0477. The second-order valence-electron chi connectivity index (χ2n) is 9.50. The number of benzene rings is 2. The Labute approximate surface area is 211 Å². The van der Waals surface area contributed by atoms with E-state index in [1.165, 1.54) is 0 Å². The summed E-state index contributed by atoms with van der Waals surface area (Å²) in [6.45, 7) is 2.27. The van der Waals surface area contributed by atoms with Crippen LogP contribution in [0.5, 0.6) is 0 Å². The zero-order valence-corrected chi connectivity index (χ0v) is 21.6. The first-order valence-corrected chi connectivity index (χ1v) is 12.0. The fourth-order valence-corrected chi connectivity index (χ4v) is 4.06. The lowest BCUT2D eigenvalue weighted by Crippen LogP contribution is -2.20. The van der Waals surface area contributed by atoms with Crippen molar-refractivity contribution in [2.45, 2.75) is 6.42 Å². The molecule has 2 heterocycles. The van der Waals surface area contributed by atoms with Crippen molar-refractivity contribution in [2.75, 3.05) is 54.5 Å². The van der Waals surface area contributed by atoms with Crippen molar-refractivity contribution in [1.82, 2.24) is 19.4 Å². The summed E-state index contributed by atoms with van der Waals surface area (Å²) in [5, 5.41) is 1.87. The Balaban J connectivity index is 1.54. The summed E-state index contributed by atoms with van der Waals surface area (Å²) in [5.41, 5.74) is 4.53. The molecule has 0 bridgehead atoms. The largest absolute Gasteiger partial charge is 0.462 e. The van der Waals surface area contributed by atoms with Crippen LogP contribution >= 0.6 is 0 Å². The molecule has 1 N–H and O–H groups in total. The fraction of sp³-hybridized carbons (Fsp3) is 0.357. The molecule has 0 saturated heterocycles. The van der Waals surface area contributed by atoms with Gasteiger partial charge in [-0.3, -0.25) is 0 Å². The number of H-pyrrole nitrogens is 1. The smallest absolute Gasteiger partial charge is 0.338 e. The molecule has 0 saturated carbocycles. The molecule has 8 heteroatoms. The van der Waals surface area contributed by atoms with Gasteiger partial charge in [0.05, 0.1) is 23.4 Å². The molecular formula is C28H33N4O4. The highest BCUT2D eigenvalue weighted by molar-refractivity contribution is 6.02. The Morgan fingerprint density at radius 1 is 0.917 bits per heavy atom. The van der Waals surface area contributed by atoms with Gasteiger partial charge < -0.3 is 28.8 Å². The Kier molecular flexibility index (Phi) is 7.76. The van der Waals surface area contributed by atoms with Crippen molar-refractivity contribution < 1.29 is 19.1 Å². The van der Waals surface area contributed by atoms with E-state index < -0.39 is 0 Å². The number of aromatic nitrogens is 2. The molecule has 4 aromatic rings. The number of esters is 2. The van der Waals surface area contributed by atoms with E-state index in [4.69, 9.17) is 9.47 Å². The highest BCUT2D eigenvalue weighted by atomic mass is 16.5. The van der Waals surface area contributed by atoms with Gasteiger partial charge in [-0.1, -0.05) is 12.1 Å². The minimum atomic E-state index is -0.334. The third kappa shape index (κ3) is 5.78. The number of hydrogen-bond donors (Lipinski definition) is 1. The SMILES string of the molecule is CN(C)CCCOC(=O)c1ccc2[c]c(-c3cn(C)c4cc(C(=O)OCCN(C)C)ccc34)[nH]c2c1. The molecule has 0 fully saturated rings. The van der Waals surface area contributed by atoms with Gasteiger partial charge in [-0.2, -0.15) is 0 Å². The Hall–Kier alpha value is -3.62. The van der Waals surface area contributed by atoms with Crippen molar-refractivity contribution >= 4 is 33.7 Å². The number of nitrogens with zero attached hydrogens (tertiary/aromatic N) is 3. The van der Waals surface area contributed by atoms with E-state index in [0.717, 1.165) is 46.0 Å². The minimum Gasteiger partial charge on any atom is -0.462 e. The van der Waals surface area contributed by atoms with Crippen molar-refractivity contribution in [3.63, 3.8) is 0 Å². The van der Waals surface area contributed by atoms with Gasteiger partial charge in [0, 0.05) is 59.8 Å². The van der Waals surface area contributed by atoms with Crippen LogP contribution in [0.4, 0.5) is 0 Å². The number of hydrogen-bond acceptors (Lipinski definition) is 6. The van der Waals surface area contributed by atoms with Gasteiger partial charge in [-0.15, -0.1) is 0 Å². The maximum absolute atomic E-state index is 12.5. The third-order valence-electron chi connectivity index (χ3n) is 6.02. The molecule has 0 atom stereocenters. The van der Waals surface area contributed by atoms with E-state index in [1.54, 1.807) is 18.2 Å². The fourth-order valence-electron chi connectivity index (χ4n) is 4.06. The summed E-state index contributed by atoms with van der Waals surface area (Å²) in [5.74, 6) is -0.665. The second kappa shape index (κ2) is 11.0. The van der Waals surface area contributed by atoms with E-state index in [9.17, 15) is 9.59 Å². The van der Waals surface area contributed by atoms with Gasteiger partial charge in [0.25, 0.3) is 0 Å². The van der Waals surface area contributed by atoms with Crippen LogP contribution < -0.4 is 0 Å². The lowest BCUT2D eigenvalue weighted by atomic mass is 10.1. The summed E-state index contributed by atoms with van der Waals surface area (Å²) in [7, 11) is 9.80. The van der Waals surface area contributed by atoms with Gasteiger partial charge in [0.15, 0.2) is 0 Å². The number of likely N-dealkylation sites (N-methyl/N-ethyl adjacent to an activating group) is 1. The molecule has 0 spiro atoms. The lowest BCUT2D eigenvalue weighted by Gasteiger charge is -2.10. The average molecular weight is 490 g/mol. The number of rotatable bonds is 10. The van der Waals surface area contributed by atoms with Gasteiger partial charge in [-0.05, 0) is 58.9 Å². The summed E-state index contributed by atoms with van der Waals surface area (Å²) in [4.78, 5) is 32.4. The number of nitrogens with one attached hydrogen (secondary N) is 1. The van der Waals surface area contributed by atoms with Crippen molar-refractivity contribution in [3.8, 4) is 11.3 Å². The number of ether oxygens (including phenoxy) is 2. The predicted octanol–water partition coefficient (Wildman–Crippen LogP) is 3.95. The Bertz CT molecular complexity index is 1380. The van der Waals surface area contributed by atoms with Crippen molar-refractivity contribution in [3.05, 3.63) is 59.8 Å². The number of carbonyl (C=O) groups excluding carboxylic acids is 2. The van der Waals surface area contributed by atoms with Gasteiger partial charge in [0.2, 0.25) is 0 Å². The van der Waals surface area contributed by atoms with E-state index in [2.05, 4.69) is 16.0 Å². The van der Waals surface area contributed by atoms with Gasteiger partial charge >= 0.3 is 11.9 Å². The normalized spacial score (nSPS) is 11.6. The van der Waals surface area contributed by atoms with E-state index >= 15 is 0 Å². The molecule has 8 nitrogen and oxygen atoms in total.